The molecule has 1 fully saturated rings. The fourth-order valence-corrected chi connectivity index (χ4v) is 2.77. The molecule has 0 bridgehead atoms. The van der Waals surface area contributed by atoms with E-state index in [2.05, 4.69) is 23.2 Å². The number of carbonyl (C=O) groups excluding carboxylic acids is 1. The SMILES string of the molecule is Cc1cccc(NC(=O)N2CCOC[C@H](CN(C)C)C2)c1C. The lowest BCUT2D eigenvalue weighted by atomic mass is 10.1. The number of rotatable bonds is 3. The molecule has 5 nitrogen and oxygen atoms in total. The van der Waals surface area contributed by atoms with E-state index in [4.69, 9.17) is 4.74 Å². The van der Waals surface area contributed by atoms with E-state index in [1.165, 1.54) is 5.56 Å². The van der Waals surface area contributed by atoms with Crippen LogP contribution in [0.5, 0.6) is 0 Å². The molecule has 1 aliphatic heterocycles. The van der Waals surface area contributed by atoms with Crippen LogP contribution in [0.15, 0.2) is 18.2 Å². The van der Waals surface area contributed by atoms with E-state index in [9.17, 15) is 4.79 Å². The van der Waals surface area contributed by atoms with Crippen molar-refractivity contribution in [1.29, 1.82) is 0 Å². The molecule has 0 aliphatic carbocycles. The lowest BCUT2D eigenvalue weighted by Gasteiger charge is -2.26. The molecule has 2 amide bonds. The molecule has 122 valence electrons. The molecule has 2 rings (SSSR count). The molecule has 0 aromatic heterocycles. The molecule has 0 saturated carbocycles. The molecule has 1 aromatic rings. The second kappa shape index (κ2) is 7.61. The zero-order valence-corrected chi connectivity index (χ0v) is 14.1. The predicted molar refractivity (Wildman–Crippen MR) is 89.4 cm³/mol. The lowest BCUT2D eigenvalue weighted by molar-refractivity contribution is 0.112. The van der Waals surface area contributed by atoms with Crippen LogP contribution in [0.2, 0.25) is 0 Å². The summed E-state index contributed by atoms with van der Waals surface area (Å²) >= 11 is 0. The van der Waals surface area contributed by atoms with Crippen LogP contribution >= 0.6 is 0 Å². The van der Waals surface area contributed by atoms with Crippen LogP contribution in [0.1, 0.15) is 11.1 Å². The Morgan fingerprint density at radius 3 is 2.91 bits per heavy atom. The van der Waals surface area contributed by atoms with Gasteiger partial charge in [-0.2, -0.15) is 0 Å². The van der Waals surface area contributed by atoms with E-state index in [1.54, 1.807) is 0 Å². The van der Waals surface area contributed by atoms with Gasteiger partial charge < -0.3 is 19.9 Å². The third-order valence-electron chi connectivity index (χ3n) is 4.09. The van der Waals surface area contributed by atoms with Gasteiger partial charge in [0.2, 0.25) is 0 Å². The summed E-state index contributed by atoms with van der Waals surface area (Å²) < 4.78 is 5.63. The van der Waals surface area contributed by atoms with Crippen LogP contribution in [0.4, 0.5) is 10.5 Å². The van der Waals surface area contributed by atoms with Crippen molar-refractivity contribution in [2.24, 2.45) is 5.92 Å². The number of nitrogens with one attached hydrogen (secondary N) is 1. The zero-order valence-electron chi connectivity index (χ0n) is 14.1. The van der Waals surface area contributed by atoms with Gasteiger partial charge in [-0.1, -0.05) is 12.1 Å². The van der Waals surface area contributed by atoms with Crippen molar-refractivity contribution in [2.45, 2.75) is 13.8 Å². The average Bonchev–Trinajstić information content (AvgIpc) is 2.69. The minimum absolute atomic E-state index is 0.0389. The highest BCUT2D eigenvalue weighted by atomic mass is 16.5. The van der Waals surface area contributed by atoms with Gasteiger partial charge in [-0.25, -0.2) is 4.79 Å². The molecule has 0 radical (unpaired) electrons. The summed E-state index contributed by atoms with van der Waals surface area (Å²) in [5.74, 6) is 0.349. The van der Waals surface area contributed by atoms with Gasteiger partial charge in [0.25, 0.3) is 0 Å². The van der Waals surface area contributed by atoms with Crippen molar-refractivity contribution in [3.8, 4) is 0 Å². The van der Waals surface area contributed by atoms with E-state index >= 15 is 0 Å². The second-order valence-electron chi connectivity index (χ2n) is 6.33. The summed E-state index contributed by atoms with van der Waals surface area (Å²) in [5, 5.41) is 3.04. The number of nitrogens with zero attached hydrogens (tertiary/aromatic N) is 2. The van der Waals surface area contributed by atoms with Crippen molar-refractivity contribution < 1.29 is 9.53 Å². The van der Waals surface area contributed by atoms with Crippen molar-refractivity contribution >= 4 is 11.7 Å². The molecule has 0 spiro atoms. The standard InChI is InChI=1S/C17H27N3O2/c1-13-6-5-7-16(14(13)2)18-17(21)20-8-9-22-12-15(11-20)10-19(3)4/h5-7,15H,8-12H2,1-4H3,(H,18,21)/t15-/m1/s1. The molecule has 1 heterocycles. The summed E-state index contributed by atoms with van der Waals surface area (Å²) in [6.07, 6.45) is 0. The minimum Gasteiger partial charge on any atom is -0.379 e. The van der Waals surface area contributed by atoms with Gasteiger partial charge in [-0.3, -0.25) is 0 Å². The lowest BCUT2D eigenvalue weighted by Crippen LogP contribution is -2.41. The van der Waals surface area contributed by atoms with Crippen molar-refractivity contribution in [1.82, 2.24) is 9.80 Å². The van der Waals surface area contributed by atoms with Gasteiger partial charge in [0.1, 0.15) is 0 Å². The molecule has 22 heavy (non-hydrogen) atoms. The topological polar surface area (TPSA) is 44.8 Å². The van der Waals surface area contributed by atoms with E-state index in [-0.39, 0.29) is 6.03 Å². The van der Waals surface area contributed by atoms with E-state index in [1.807, 2.05) is 38.1 Å². The number of anilines is 1. The Morgan fingerprint density at radius 2 is 2.18 bits per heavy atom. The highest BCUT2D eigenvalue weighted by Crippen LogP contribution is 2.19. The summed E-state index contributed by atoms with van der Waals surface area (Å²) in [5.41, 5.74) is 3.19. The Morgan fingerprint density at radius 1 is 1.41 bits per heavy atom. The average molecular weight is 305 g/mol. The highest BCUT2D eigenvalue weighted by Gasteiger charge is 2.23. The normalized spacial score (nSPS) is 19.1. The molecular weight excluding hydrogens is 278 g/mol. The fraction of sp³-hybridized carbons (Fsp3) is 0.588. The van der Waals surface area contributed by atoms with Crippen LogP contribution in [0.25, 0.3) is 0 Å². The monoisotopic (exact) mass is 305 g/mol. The number of benzene rings is 1. The van der Waals surface area contributed by atoms with Gasteiger partial charge in [0.05, 0.1) is 13.2 Å². The molecule has 1 saturated heterocycles. The Hall–Kier alpha value is -1.59. The molecule has 1 N–H and O–H groups in total. The highest BCUT2D eigenvalue weighted by molar-refractivity contribution is 5.90. The van der Waals surface area contributed by atoms with Crippen LogP contribution in [-0.4, -0.2) is 62.8 Å². The van der Waals surface area contributed by atoms with Crippen molar-refractivity contribution in [3.05, 3.63) is 29.3 Å². The molecule has 5 heteroatoms. The van der Waals surface area contributed by atoms with Gasteiger partial charge >= 0.3 is 6.03 Å². The van der Waals surface area contributed by atoms with E-state index < -0.39 is 0 Å². The second-order valence-corrected chi connectivity index (χ2v) is 6.33. The zero-order chi connectivity index (χ0) is 16.1. The summed E-state index contributed by atoms with van der Waals surface area (Å²) in [6.45, 7) is 7.70. The van der Waals surface area contributed by atoms with Crippen LogP contribution in [-0.2, 0) is 4.74 Å². The number of hydrogen-bond donors (Lipinski definition) is 1. The number of ether oxygens (including phenoxy) is 1. The number of urea groups is 1. The third kappa shape index (κ3) is 4.45. The van der Waals surface area contributed by atoms with Crippen molar-refractivity contribution in [3.63, 3.8) is 0 Å². The largest absolute Gasteiger partial charge is 0.379 e. The van der Waals surface area contributed by atoms with E-state index in [0.29, 0.717) is 25.7 Å². The molecule has 1 aliphatic rings. The molecular formula is C17H27N3O2. The maximum absolute atomic E-state index is 12.6. The number of amides is 2. The summed E-state index contributed by atoms with van der Waals surface area (Å²) in [4.78, 5) is 16.6. The summed E-state index contributed by atoms with van der Waals surface area (Å²) in [6, 6.07) is 5.94. The van der Waals surface area contributed by atoms with Crippen LogP contribution in [0, 0.1) is 19.8 Å². The molecule has 0 unspecified atom stereocenters. The maximum atomic E-state index is 12.6. The molecule has 1 atom stereocenters. The van der Waals surface area contributed by atoms with Gasteiger partial charge in [-0.15, -0.1) is 0 Å². The van der Waals surface area contributed by atoms with Gasteiger partial charge in [0, 0.05) is 31.2 Å². The first-order valence-electron chi connectivity index (χ1n) is 7.82. The smallest absolute Gasteiger partial charge is 0.321 e. The summed E-state index contributed by atoms with van der Waals surface area (Å²) in [7, 11) is 4.09. The molecule has 1 aromatic carbocycles. The number of carbonyl (C=O) groups is 1. The van der Waals surface area contributed by atoms with E-state index in [0.717, 1.165) is 24.3 Å². The van der Waals surface area contributed by atoms with Gasteiger partial charge in [0.15, 0.2) is 0 Å². The minimum atomic E-state index is -0.0389. The third-order valence-corrected chi connectivity index (χ3v) is 4.09. The Balaban J connectivity index is 2.02. The van der Waals surface area contributed by atoms with Crippen LogP contribution < -0.4 is 5.32 Å². The Bertz CT molecular complexity index is 517. The number of hydrogen-bond acceptors (Lipinski definition) is 3. The first-order valence-corrected chi connectivity index (χ1v) is 7.82. The Kier molecular flexibility index (Phi) is 5.80. The first kappa shape index (κ1) is 16.8. The fourth-order valence-electron chi connectivity index (χ4n) is 2.77. The van der Waals surface area contributed by atoms with Gasteiger partial charge in [-0.05, 0) is 45.1 Å². The maximum Gasteiger partial charge on any atom is 0.321 e. The quantitative estimate of drug-likeness (QED) is 0.932. The number of aryl methyl sites for hydroxylation is 1. The first-order chi connectivity index (χ1) is 10.5. The van der Waals surface area contributed by atoms with Crippen molar-refractivity contribution in [2.75, 3.05) is 52.3 Å². The Labute approximate surface area is 133 Å². The van der Waals surface area contributed by atoms with Crippen LogP contribution in [0.3, 0.4) is 0 Å². The predicted octanol–water partition coefficient (Wildman–Crippen LogP) is 2.35.